The van der Waals surface area contributed by atoms with Crippen molar-refractivity contribution in [1.29, 1.82) is 0 Å². The van der Waals surface area contributed by atoms with Gasteiger partial charge < -0.3 is 9.84 Å². The Morgan fingerprint density at radius 2 is 2.10 bits per heavy atom. The number of aryl methyl sites for hydroxylation is 1. The second-order valence-corrected chi connectivity index (χ2v) is 4.13. The summed E-state index contributed by atoms with van der Waals surface area (Å²) in [6.45, 7) is -0.405. The van der Waals surface area contributed by atoms with E-state index in [1.807, 2.05) is 6.92 Å². The summed E-state index contributed by atoms with van der Waals surface area (Å²) in [5, 5.41) is 14.2. The number of hydrogen-bond acceptors (Lipinski definition) is 4. The van der Waals surface area contributed by atoms with E-state index in [4.69, 9.17) is 0 Å². The lowest BCUT2D eigenvalue weighted by atomic mass is 10.1. The van der Waals surface area contributed by atoms with Gasteiger partial charge in [0.15, 0.2) is 0 Å². The van der Waals surface area contributed by atoms with Gasteiger partial charge in [0.2, 0.25) is 0 Å². The summed E-state index contributed by atoms with van der Waals surface area (Å²) in [5.41, 5.74) is 0.304. The SMILES string of the molecule is CCn1ncnc1CC(O)c1ccccc1OC(F)F. The zero-order valence-electron chi connectivity index (χ0n) is 10.9. The van der Waals surface area contributed by atoms with Crippen molar-refractivity contribution >= 4 is 0 Å². The van der Waals surface area contributed by atoms with Crippen molar-refractivity contribution in [2.75, 3.05) is 0 Å². The van der Waals surface area contributed by atoms with Crippen LogP contribution in [-0.2, 0) is 13.0 Å². The predicted octanol–water partition coefficient (Wildman–Crippen LogP) is 2.18. The average molecular weight is 283 g/mol. The van der Waals surface area contributed by atoms with E-state index in [-0.39, 0.29) is 12.2 Å². The number of ether oxygens (including phenoxy) is 1. The van der Waals surface area contributed by atoms with Gasteiger partial charge in [0.05, 0.1) is 6.10 Å². The van der Waals surface area contributed by atoms with E-state index in [1.54, 1.807) is 22.9 Å². The van der Waals surface area contributed by atoms with Crippen molar-refractivity contribution in [3.8, 4) is 5.75 Å². The minimum absolute atomic E-state index is 0.0300. The molecule has 0 aliphatic rings. The maximum absolute atomic E-state index is 12.3. The molecular formula is C13H15F2N3O2. The van der Waals surface area contributed by atoms with Gasteiger partial charge in [-0.3, -0.25) is 4.68 Å². The first-order chi connectivity index (χ1) is 9.61. The molecule has 0 bridgehead atoms. The molecule has 7 heteroatoms. The van der Waals surface area contributed by atoms with E-state index in [9.17, 15) is 13.9 Å². The maximum atomic E-state index is 12.3. The standard InChI is InChI=1S/C13H15F2N3O2/c1-2-18-12(16-8-17-18)7-10(19)9-5-3-4-6-11(9)20-13(14)15/h3-6,8,10,13,19H,2,7H2,1H3. The summed E-state index contributed by atoms with van der Waals surface area (Å²) in [6.07, 6.45) is 0.587. The number of benzene rings is 1. The summed E-state index contributed by atoms with van der Waals surface area (Å²) in [4.78, 5) is 4.05. The predicted molar refractivity (Wildman–Crippen MR) is 67.4 cm³/mol. The van der Waals surface area contributed by atoms with Crippen LogP contribution in [0.4, 0.5) is 8.78 Å². The number of para-hydroxylation sites is 1. The normalized spacial score (nSPS) is 12.7. The lowest BCUT2D eigenvalue weighted by molar-refractivity contribution is -0.0515. The zero-order valence-corrected chi connectivity index (χ0v) is 10.9. The highest BCUT2D eigenvalue weighted by Crippen LogP contribution is 2.28. The summed E-state index contributed by atoms with van der Waals surface area (Å²) in [6, 6.07) is 6.17. The highest BCUT2D eigenvalue weighted by molar-refractivity contribution is 5.35. The van der Waals surface area contributed by atoms with E-state index < -0.39 is 12.7 Å². The molecule has 108 valence electrons. The van der Waals surface area contributed by atoms with Gasteiger partial charge in [-0.05, 0) is 13.0 Å². The molecule has 1 aromatic carbocycles. The molecule has 2 rings (SSSR count). The fourth-order valence-electron chi connectivity index (χ4n) is 1.95. The van der Waals surface area contributed by atoms with Crippen molar-refractivity contribution in [2.24, 2.45) is 0 Å². The van der Waals surface area contributed by atoms with Crippen molar-refractivity contribution in [1.82, 2.24) is 14.8 Å². The van der Waals surface area contributed by atoms with E-state index in [2.05, 4.69) is 14.8 Å². The molecular weight excluding hydrogens is 268 g/mol. The number of aliphatic hydroxyl groups is 1. The first-order valence-corrected chi connectivity index (χ1v) is 6.20. The molecule has 5 nitrogen and oxygen atoms in total. The molecule has 2 aromatic rings. The lowest BCUT2D eigenvalue weighted by Gasteiger charge is -2.15. The van der Waals surface area contributed by atoms with Gasteiger partial charge >= 0.3 is 6.61 Å². The Morgan fingerprint density at radius 3 is 2.80 bits per heavy atom. The molecule has 1 unspecified atom stereocenters. The van der Waals surface area contributed by atoms with Crippen LogP contribution < -0.4 is 4.74 Å². The second kappa shape index (κ2) is 6.42. The quantitative estimate of drug-likeness (QED) is 0.882. The number of nitrogens with zero attached hydrogens (tertiary/aromatic N) is 3. The fraction of sp³-hybridized carbons (Fsp3) is 0.385. The molecule has 1 atom stereocenters. The Labute approximate surface area is 114 Å². The molecule has 0 saturated heterocycles. The van der Waals surface area contributed by atoms with Crippen molar-refractivity contribution in [3.05, 3.63) is 42.0 Å². The number of halogens is 2. The number of aromatic nitrogens is 3. The highest BCUT2D eigenvalue weighted by Gasteiger charge is 2.18. The molecule has 0 amide bonds. The molecule has 0 aliphatic heterocycles. The topological polar surface area (TPSA) is 60.2 Å². The average Bonchev–Trinajstić information content (AvgIpc) is 2.85. The van der Waals surface area contributed by atoms with Crippen LogP contribution >= 0.6 is 0 Å². The van der Waals surface area contributed by atoms with E-state index in [1.165, 1.54) is 12.4 Å². The van der Waals surface area contributed by atoms with Crippen LogP contribution in [0.2, 0.25) is 0 Å². The largest absolute Gasteiger partial charge is 0.434 e. The first-order valence-electron chi connectivity index (χ1n) is 6.20. The molecule has 0 spiro atoms. The Morgan fingerprint density at radius 1 is 1.35 bits per heavy atom. The summed E-state index contributed by atoms with van der Waals surface area (Å²) in [7, 11) is 0. The molecule has 0 fully saturated rings. The van der Waals surface area contributed by atoms with Crippen LogP contribution in [0.5, 0.6) is 5.75 Å². The lowest BCUT2D eigenvalue weighted by Crippen LogP contribution is -2.12. The smallest absolute Gasteiger partial charge is 0.387 e. The van der Waals surface area contributed by atoms with Crippen molar-refractivity contribution < 1.29 is 18.6 Å². The van der Waals surface area contributed by atoms with Gasteiger partial charge in [-0.2, -0.15) is 13.9 Å². The second-order valence-electron chi connectivity index (χ2n) is 4.13. The third-order valence-corrected chi connectivity index (χ3v) is 2.87. The van der Waals surface area contributed by atoms with Crippen molar-refractivity contribution in [2.45, 2.75) is 32.6 Å². The minimum atomic E-state index is -2.93. The highest BCUT2D eigenvalue weighted by atomic mass is 19.3. The van der Waals surface area contributed by atoms with Gasteiger partial charge in [0, 0.05) is 18.5 Å². The summed E-state index contributed by atoms with van der Waals surface area (Å²) in [5.74, 6) is 0.560. The number of hydrogen-bond donors (Lipinski definition) is 1. The Bertz CT molecular complexity index is 560. The molecule has 1 N–H and O–H groups in total. The van der Waals surface area contributed by atoms with Crippen molar-refractivity contribution in [3.63, 3.8) is 0 Å². The van der Waals surface area contributed by atoms with Crippen LogP contribution in [0.3, 0.4) is 0 Å². The fourth-order valence-corrected chi connectivity index (χ4v) is 1.95. The molecule has 20 heavy (non-hydrogen) atoms. The third-order valence-electron chi connectivity index (χ3n) is 2.87. The molecule has 1 heterocycles. The monoisotopic (exact) mass is 283 g/mol. The summed E-state index contributed by atoms with van der Waals surface area (Å²) < 4.78 is 30.7. The van der Waals surface area contributed by atoms with E-state index in [0.717, 1.165) is 0 Å². The van der Waals surface area contributed by atoms with Gasteiger partial charge in [0.25, 0.3) is 0 Å². The minimum Gasteiger partial charge on any atom is -0.434 e. The van der Waals surface area contributed by atoms with Crippen LogP contribution in [0, 0.1) is 0 Å². The van der Waals surface area contributed by atoms with Gasteiger partial charge in [-0.1, -0.05) is 18.2 Å². The number of rotatable bonds is 6. The Hall–Kier alpha value is -2.02. The van der Waals surface area contributed by atoms with Crippen LogP contribution in [0.25, 0.3) is 0 Å². The molecule has 0 saturated carbocycles. The molecule has 0 radical (unpaired) electrons. The van der Waals surface area contributed by atoms with Crippen LogP contribution in [-0.4, -0.2) is 26.5 Å². The Kier molecular flexibility index (Phi) is 4.62. The van der Waals surface area contributed by atoms with E-state index >= 15 is 0 Å². The molecule has 0 aliphatic carbocycles. The Balaban J connectivity index is 2.18. The molecule has 1 aromatic heterocycles. The number of aliphatic hydroxyl groups excluding tert-OH is 1. The maximum Gasteiger partial charge on any atom is 0.387 e. The van der Waals surface area contributed by atoms with Crippen LogP contribution in [0.1, 0.15) is 24.4 Å². The van der Waals surface area contributed by atoms with Crippen LogP contribution in [0.15, 0.2) is 30.6 Å². The first kappa shape index (κ1) is 14.4. The zero-order chi connectivity index (χ0) is 14.5. The van der Waals surface area contributed by atoms with Gasteiger partial charge in [-0.15, -0.1) is 0 Å². The summed E-state index contributed by atoms with van der Waals surface area (Å²) >= 11 is 0. The number of alkyl halides is 2. The third kappa shape index (κ3) is 3.30. The van der Waals surface area contributed by atoms with E-state index in [0.29, 0.717) is 17.9 Å². The van der Waals surface area contributed by atoms with Gasteiger partial charge in [0.1, 0.15) is 17.9 Å². The van der Waals surface area contributed by atoms with Gasteiger partial charge in [-0.25, -0.2) is 4.98 Å².